The Hall–Kier alpha value is -4.47. The van der Waals surface area contributed by atoms with Crippen molar-refractivity contribution < 1.29 is 33.4 Å². The van der Waals surface area contributed by atoms with Crippen molar-refractivity contribution in [2.24, 2.45) is 16.9 Å². The summed E-state index contributed by atoms with van der Waals surface area (Å²) in [6.07, 6.45) is 4.96. The fourth-order valence-electron chi connectivity index (χ4n) is 5.19. The number of ether oxygens (including phenoxy) is 3. The molecule has 2 saturated heterocycles. The highest BCUT2D eigenvalue weighted by Crippen LogP contribution is 2.47. The number of esters is 1. The van der Waals surface area contributed by atoms with Crippen molar-refractivity contribution in [3.05, 3.63) is 65.7 Å². The molecule has 10 heteroatoms. The zero-order chi connectivity index (χ0) is 25.6. The van der Waals surface area contributed by atoms with Gasteiger partial charge in [0.25, 0.3) is 0 Å². The van der Waals surface area contributed by atoms with Crippen molar-refractivity contribution >= 4 is 35.5 Å². The van der Waals surface area contributed by atoms with Crippen molar-refractivity contribution in [3.8, 4) is 11.5 Å². The van der Waals surface area contributed by atoms with E-state index in [0.29, 0.717) is 11.5 Å². The molecule has 0 radical (unpaired) electrons. The number of benzene rings is 2. The number of amides is 2. The second kappa shape index (κ2) is 8.95. The van der Waals surface area contributed by atoms with Gasteiger partial charge in [-0.05, 0) is 36.4 Å². The molecule has 184 valence electrons. The molecule has 5 rings (SSSR count). The number of ketones is 1. The minimum Gasteiger partial charge on any atom is -0.493 e. The minimum absolute atomic E-state index is 0.0819. The Morgan fingerprint density at radius 1 is 0.917 bits per heavy atom. The summed E-state index contributed by atoms with van der Waals surface area (Å²) in [4.78, 5) is 54.7. The number of nitrogens with zero attached hydrogens (tertiary/aromatic N) is 3. The van der Waals surface area contributed by atoms with E-state index in [1.165, 1.54) is 44.7 Å². The zero-order valence-electron chi connectivity index (χ0n) is 19.8. The topological polar surface area (TPSA) is 115 Å². The van der Waals surface area contributed by atoms with E-state index in [1.54, 1.807) is 42.5 Å². The average molecular weight is 489 g/mol. The van der Waals surface area contributed by atoms with Crippen LogP contribution in [0.3, 0.4) is 0 Å². The molecule has 4 atom stereocenters. The van der Waals surface area contributed by atoms with Gasteiger partial charge in [-0.3, -0.25) is 19.4 Å². The molecule has 0 aromatic heterocycles. The molecule has 3 aliphatic heterocycles. The zero-order valence-corrected chi connectivity index (χ0v) is 19.8. The van der Waals surface area contributed by atoms with E-state index in [2.05, 4.69) is 5.10 Å². The number of para-hydroxylation sites is 1. The lowest BCUT2D eigenvalue weighted by atomic mass is 9.86. The molecule has 0 saturated carbocycles. The highest BCUT2D eigenvalue weighted by molar-refractivity contribution is 6.26. The number of anilines is 1. The van der Waals surface area contributed by atoms with E-state index in [4.69, 9.17) is 14.2 Å². The normalized spacial score (nSPS) is 24.0. The summed E-state index contributed by atoms with van der Waals surface area (Å²) in [6, 6.07) is 9.34. The minimum atomic E-state index is -1.04. The molecule has 3 aliphatic rings. The third-order valence-corrected chi connectivity index (χ3v) is 6.78. The maximum absolute atomic E-state index is 13.8. The van der Waals surface area contributed by atoms with Crippen LogP contribution in [0.2, 0.25) is 0 Å². The fraction of sp³-hybridized carbons (Fsp3) is 0.269. The molecule has 2 amide bonds. The van der Waals surface area contributed by atoms with Gasteiger partial charge in [0.05, 0.1) is 50.5 Å². The Labute approximate surface area is 206 Å². The van der Waals surface area contributed by atoms with Gasteiger partial charge >= 0.3 is 5.97 Å². The number of methoxy groups -OCH3 is 3. The summed E-state index contributed by atoms with van der Waals surface area (Å²) in [6.45, 7) is 0. The van der Waals surface area contributed by atoms with Crippen LogP contribution in [0, 0.1) is 11.8 Å². The number of hydrogen-bond donors (Lipinski definition) is 0. The summed E-state index contributed by atoms with van der Waals surface area (Å²) in [5.41, 5.74) is 0.495. The quantitative estimate of drug-likeness (QED) is 0.344. The van der Waals surface area contributed by atoms with Crippen LogP contribution >= 0.6 is 0 Å². The van der Waals surface area contributed by atoms with Gasteiger partial charge in [-0.1, -0.05) is 18.2 Å². The predicted molar refractivity (Wildman–Crippen MR) is 128 cm³/mol. The first-order chi connectivity index (χ1) is 17.4. The fourth-order valence-corrected chi connectivity index (χ4v) is 5.19. The van der Waals surface area contributed by atoms with Gasteiger partial charge in [0, 0.05) is 11.8 Å². The number of rotatable bonds is 6. The molecule has 0 bridgehead atoms. The molecular formula is C26H23N3O7. The molecule has 0 unspecified atom stereocenters. The summed E-state index contributed by atoms with van der Waals surface area (Å²) in [5, 5.41) is 5.87. The van der Waals surface area contributed by atoms with E-state index >= 15 is 0 Å². The highest BCUT2D eigenvalue weighted by atomic mass is 16.5. The molecule has 2 aromatic rings. The Bertz CT molecular complexity index is 1330. The van der Waals surface area contributed by atoms with Crippen LogP contribution in [0.15, 0.2) is 59.7 Å². The lowest BCUT2D eigenvalue weighted by molar-refractivity contribution is -0.123. The van der Waals surface area contributed by atoms with Crippen molar-refractivity contribution in [2.45, 2.75) is 12.1 Å². The van der Waals surface area contributed by atoms with Crippen molar-refractivity contribution in [2.75, 3.05) is 26.2 Å². The second-order valence-corrected chi connectivity index (χ2v) is 8.47. The van der Waals surface area contributed by atoms with Crippen molar-refractivity contribution in [1.29, 1.82) is 0 Å². The molecule has 0 aliphatic carbocycles. The van der Waals surface area contributed by atoms with Gasteiger partial charge in [0.1, 0.15) is 6.04 Å². The number of carbonyl (C=O) groups excluding carboxylic acids is 4. The standard InChI is InChI=1S/C26H23N3O7/c1-34-18-11-10-14(13-19(18)35-2)23(30)22-21-20(17-9-6-12-27-29(17)22)24(31)28(25(21)32)16-8-5-4-7-15(16)26(33)36-3/h4-13,17,20-22H,1-3H3/t17-,20-,21-,22+/m0/s1. The molecule has 3 heterocycles. The average Bonchev–Trinajstić information content (AvgIpc) is 3.39. The largest absolute Gasteiger partial charge is 0.493 e. The molecule has 10 nitrogen and oxygen atoms in total. The number of carbonyl (C=O) groups is 4. The van der Waals surface area contributed by atoms with Crippen LogP contribution in [0.5, 0.6) is 11.5 Å². The SMILES string of the molecule is COC(=O)c1ccccc1N1C(=O)[C@@H]2[C@H](C1=O)[C@H](C(=O)c1ccc(OC)c(OC)c1)N1N=CC=C[C@@H]21. The van der Waals surface area contributed by atoms with Gasteiger partial charge in [0.2, 0.25) is 11.8 Å². The third kappa shape index (κ3) is 3.36. The van der Waals surface area contributed by atoms with Crippen LogP contribution in [0.4, 0.5) is 5.69 Å². The van der Waals surface area contributed by atoms with E-state index in [9.17, 15) is 19.2 Å². The van der Waals surface area contributed by atoms with Crippen LogP contribution in [0.1, 0.15) is 20.7 Å². The number of imide groups is 1. The van der Waals surface area contributed by atoms with Gasteiger partial charge in [-0.2, -0.15) is 5.10 Å². The number of fused-ring (bicyclic) bond motifs is 3. The smallest absolute Gasteiger partial charge is 0.339 e. The summed E-state index contributed by atoms with van der Waals surface area (Å²) in [5.74, 6) is -3.18. The van der Waals surface area contributed by atoms with E-state index in [0.717, 1.165) is 4.90 Å². The molecule has 36 heavy (non-hydrogen) atoms. The molecular weight excluding hydrogens is 466 g/mol. The van der Waals surface area contributed by atoms with Gasteiger partial charge in [0.15, 0.2) is 17.3 Å². The Morgan fingerprint density at radius 3 is 2.36 bits per heavy atom. The number of hydrogen-bond acceptors (Lipinski definition) is 9. The van der Waals surface area contributed by atoms with Gasteiger partial charge < -0.3 is 14.2 Å². The lowest BCUT2D eigenvalue weighted by Gasteiger charge is -2.30. The highest BCUT2D eigenvalue weighted by Gasteiger charge is 2.64. The van der Waals surface area contributed by atoms with Crippen LogP contribution < -0.4 is 14.4 Å². The van der Waals surface area contributed by atoms with E-state index in [1.807, 2.05) is 0 Å². The third-order valence-electron chi connectivity index (χ3n) is 6.78. The maximum atomic E-state index is 13.8. The monoisotopic (exact) mass is 489 g/mol. The first kappa shape index (κ1) is 23.3. The van der Waals surface area contributed by atoms with Crippen LogP contribution in [-0.4, -0.2) is 68.2 Å². The predicted octanol–water partition coefficient (Wildman–Crippen LogP) is 2.09. The summed E-state index contributed by atoms with van der Waals surface area (Å²) < 4.78 is 15.4. The van der Waals surface area contributed by atoms with E-state index < -0.39 is 41.7 Å². The van der Waals surface area contributed by atoms with E-state index in [-0.39, 0.29) is 22.6 Å². The Morgan fingerprint density at radius 2 is 1.64 bits per heavy atom. The van der Waals surface area contributed by atoms with Gasteiger partial charge in [-0.25, -0.2) is 9.69 Å². The number of hydrazone groups is 1. The number of allylic oxidation sites excluding steroid dienone is 1. The van der Waals surface area contributed by atoms with Crippen molar-refractivity contribution in [1.82, 2.24) is 5.01 Å². The first-order valence-corrected chi connectivity index (χ1v) is 11.2. The molecule has 2 aromatic carbocycles. The molecule has 0 spiro atoms. The van der Waals surface area contributed by atoms with Gasteiger partial charge in [-0.15, -0.1) is 0 Å². The lowest BCUT2D eigenvalue weighted by Crippen LogP contribution is -2.46. The van der Waals surface area contributed by atoms with Crippen LogP contribution in [0.25, 0.3) is 0 Å². The Kier molecular flexibility index (Phi) is 5.79. The maximum Gasteiger partial charge on any atom is 0.339 e. The Balaban J connectivity index is 1.58. The first-order valence-electron chi connectivity index (χ1n) is 11.2. The van der Waals surface area contributed by atoms with Crippen molar-refractivity contribution in [3.63, 3.8) is 0 Å². The second-order valence-electron chi connectivity index (χ2n) is 8.47. The van der Waals surface area contributed by atoms with Crippen LogP contribution in [-0.2, 0) is 14.3 Å². The summed E-state index contributed by atoms with van der Waals surface area (Å²) in [7, 11) is 4.18. The molecule has 2 fully saturated rings. The number of Topliss-reactive ketones (excluding diaryl/α,β-unsaturated/α-hetero) is 1. The summed E-state index contributed by atoms with van der Waals surface area (Å²) >= 11 is 0. The molecule has 0 N–H and O–H groups in total.